The van der Waals surface area contributed by atoms with Gasteiger partial charge in [0.15, 0.2) is 0 Å². The molecule has 1 amide bonds. The summed E-state index contributed by atoms with van der Waals surface area (Å²) in [5, 5.41) is 3.72. The Kier molecular flexibility index (Phi) is 5.81. The molecule has 0 aliphatic carbocycles. The molecule has 1 N–H and O–H groups in total. The highest BCUT2D eigenvalue weighted by Crippen LogP contribution is 2.38. The van der Waals surface area contributed by atoms with E-state index < -0.39 is 5.54 Å². The first-order valence-electron chi connectivity index (χ1n) is 10.7. The molecule has 4 nitrogen and oxygen atoms in total. The van der Waals surface area contributed by atoms with Crippen molar-refractivity contribution in [2.24, 2.45) is 4.99 Å². The monoisotopic (exact) mass is 409 g/mol. The van der Waals surface area contributed by atoms with Crippen LogP contribution in [0.15, 0.2) is 78.5 Å². The molecular formula is C27H27N3O. The molecule has 3 aromatic rings. The minimum absolute atomic E-state index is 0.153. The largest absolute Gasteiger partial charge is 0.349 e. The van der Waals surface area contributed by atoms with Crippen molar-refractivity contribution in [1.82, 2.24) is 10.3 Å². The summed E-state index contributed by atoms with van der Waals surface area (Å²) in [6, 6.07) is 16.5. The SMILES string of the molecule is C=CCNC(=O)c1cnc2c(C3(C)C=C(c4ccccc4CCC)C=N3)cccc2c1. The fourth-order valence-electron chi connectivity index (χ4n) is 4.13. The summed E-state index contributed by atoms with van der Waals surface area (Å²) in [4.78, 5) is 21.9. The number of aryl methyl sites for hydroxylation is 1. The van der Waals surface area contributed by atoms with Gasteiger partial charge in [-0.05, 0) is 42.2 Å². The normalized spacial score (nSPS) is 17.5. The summed E-state index contributed by atoms with van der Waals surface area (Å²) in [5.41, 5.74) is 5.65. The van der Waals surface area contributed by atoms with E-state index in [9.17, 15) is 4.79 Å². The number of nitrogens with zero attached hydrogens (tertiary/aromatic N) is 2. The fraction of sp³-hybridized carbons (Fsp3) is 0.222. The molecule has 156 valence electrons. The number of allylic oxidation sites excluding steroid dienone is 1. The van der Waals surface area contributed by atoms with Crippen molar-refractivity contribution in [3.8, 4) is 0 Å². The molecular weight excluding hydrogens is 382 g/mol. The Hall–Kier alpha value is -3.53. The average molecular weight is 410 g/mol. The van der Waals surface area contributed by atoms with E-state index in [0.717, 1.165) is 34.9 Å². The van der Waals surface area contributed by atoms with Crippen LogP contribution < -0.4 is 5.32 Å². The Morgan fingerprint density at radius 3 is 2.84 bits per heavy atom. The maximum Gasteiger partial charge on any atom is 0.253 e. The van der Waals surface area contributed by atoms with Crippen LogP contribution in [0.5, 0.6) is 0 Å². The topological polar surface area (TPSA) is 54.4 Å². The number of amides is 1. The molecule has 2 heterocycles. The van der Waals surface area contributed by atoms with Gasteiger partial charge in [-0.15, -0.1) is 6.58 Å². The Bertz CT molecular complexity index is 1210. The van der Waals surface area contributed by atoms with Gasteiger partial charge < -0.3 is 5.32 Å². The van der Waals surface area contributed by atoms with Gasteiger partial charge in [0, 0.05) is 29.9 Å². The summed E-state index contributed by atoms with van der Waals surface area (Å²) in [6.45, 7) is 8.37. The van der Waals surface area contributed by atoms with E-state index in [4.69, 9.17) is 4.99 Å². The Balaban J connectivity index is 1.73. The standard InChI is InChI=1S/C27H27N3O/c1-4-9-19-10-6-7-12-23(19)22-16-27(3,30-18-22)24-13-8-11-20-15-21(17-29-25(20)24)26(31)28-14-5-2/h5-8,10-13,15-18H,2,4,9,14H2,1,3H3,(H,28,31). The molecule has 1 aromatic heterocycles. The van der Waals surface area contributed by atoms with Crippen molar-refractivity contribution in [2.75, 3.05) is 6.54 Å². The van der Waals surface area contributed by atoms with Crippen molar-refractivity contribution in [3.63, 3.8) is 0 Å². The third-order valence-corrected chi connectivity index (χ3v) is 5.68. The summed E-state index contributed by atoms with van der Waals surface area (Å²) >= 11 is 0. The lowest BCUT2D eigenvalue weighted by atomic mass is 9.88. The maximum atomic E-state index is 12.3. The minimum Gasteiger partial charge on any atom is -0.349 e. The van der Waals surface area contributed by atoms with Gasteiger partial charge in [0.05, 0.1) is 11.1 Å². The van der Waals surface area contributed by atoms with Crippen molar-refractivity contribution < 1.29 is 4.79 Å². The molecule has 31 heavy (non-hydrogen) atoms. The molecule has 4 rings (SSSR count). The van der Waals surface area contributed by atoms with Crippen LogP contribution >= 0.6 is 0 Å². The van der Waals surface area contributed by atoms with Crippen molar-refractivity contribution >= 4 is 28.6 Å². The number of carbonyl (C=O) groups is 1. The number of fused-ring (bicyclic) bond motifs is 1. The van der Waals surface area contributed by atoms with Gasteiger partial charge in [-0.2, -0.15) is 0 Å². The average Bonchev–Trinajstić information content (AvgIpc) is 3.20. The van der Waals surface area contributed by atoms with Crippen molar-refractivity contribution in [3.05, 3.63) is 95.7 Å². The van der Waals surface area contributed by atoms with Gasteiger partial charge in [0.25, 0.3) is 5.91 Å². The highest BCUT2D eigenvalue weighted by atomic mass is 16.1. The number of pyridine rings is 1. The van der Waals surface area contributed by atoms with E-state index >= 15 is 0 Å². The lowest BCUT2D eigenvalue weighted by molar-refractivity contribution is 0.0958. The van der Waals surface area contributed by atoms with E-state index in [1.165, 1.54) is 11.1 Å². The second-order valence-corrected chi connectivity index (χ2v) is 8.01. The zero-order valence-electron chi connectivity index (χ0n) is 18.1. The quantitative estimate of drug-likeness (QED) is 0.525. The molecule has 0 spiro atoms. The molecule has 0 bridgehead atoms. The molecule has 1 aliphatic heterocycles. The predicted molar refractivity (Wildman–Crippen MR) is 129 cm³/mol. The summed E-state index contributed by atoms with van der Waals surface area (Å²) in [6.07, 6.45) is 9.64. The van der Waals surface area contributed by atoms with Crippen LogP contribution in [0, 0.1) is 0 Å². The van der Waals surface area contributed by atoms with Gasteiger partial charge in [0.2, 0.25) is 0 Å². The van der Waals surface area contributed by atoms with Crippen LogP contribution in [-0.4, -0.2) is 23.7 Å². The third-order valence-electron chi connectivity index (χ3n) is 5.68. The molecule has 1 aliphatic rings. The smallest absolute Gasteiger partial charge is 0.253 e. The highest BCUT2D eigenvalue weighted by molar-refractivity contribution is 6.13. The van der Waals surface area contributed by atoms with E-state index in [0.29, 0.717) is 12.1 Å². The molecule has 1 atom stereocenters. The first kappa shape index (κ1) is 20.7. The molecule has 0 fully saturated rings. The molecule has 0 saturated carbocycles. The van der Waals surface area contributed by atoms with E-state index in [2.05, 4.69) is 67.1 Å². The molecule has 0 saturated heterocycles. The van der Waals surface area contributed by atoms with E-state index in [1.807, 2.05) is 24.4 Å². The molecule has 4 heteroatoms. The molecule has 1 unspecified atom stereocenters. The number of aliphatic imine (C=N–C) groups is 1. The second kappa shape index (κ2) is 8.68. The molecule has 0 radical (unpaired) electrons. The zero-order valence-corrected chi connectivity index (χ0v) is 18.1. The summed E-state index contributed by atoms with van der Waals surface area (Å²) < 4.78 is 0. The second-order valence-electron chi connectivity index (χ2n) is 8.01. The van der Waals surface area contributed by atoms with E-state index in [1.54, 1.807) is 12.3 Å². The van der Waals surface area contributed by atoms with Gasteiger partial charge >= 0.3 is 0 Å². The molecule has 2 aromatic carbocycles. The predicted octanol–water partition coefficient (Wildman–Crippen LogP) is 5.49. The number of aromatic nitrogens is 1. The van der Waals surface area contributed by atoms with Gasteiger partial charge in [0.1, 0.15) is 5.54 Å². The van der Waals surface area contributed by atoms with Gasteiger partial charge in [-0.25, -0.2) is 0 Å². The first-order chi connectivity index (χ1) is 15.1. The van der Waals surface area contributed by atoms with Gasteiger partial charge in [-0.3, -0.25) is 14.8 Å². The third kappa shape index (κ3) is 4.06. The zero-order chi connectivity index (χ0) is 21.8. The van der Waals surface area contributed by atoms with Gasteiger partial charge in [-0.1, -0.05) is 61.9 Å². The van der Waals surface area contributed by atoms with E-state index in [-0.39, 0.29) is 5.91 Å². The number of hydrogen-bond donors (Lipinski definition) is 1. The van der Waals surface area contributed by atoms with Crippen LogP contribution in [0.2, 0.25) is 0 Å². The fourth-order valence-corrected chi connectivity index (χ4v) is 4.13. The number of nitrogens with one attached hydrogen (secondary N) is 1. The summed E-state index contributed by atoms with van der Waals surface area (Å²) in [5.74, 6) is -0.153. The maximum absolute atomic E-state index is 12.3. The number of benzene rings is 2. The van der Waals surface area contributed by atoms with Crippen LogP contribution in [-0.2, 0) is 12.0 Å². The summed E-state index contributed by atoms with van der Waals surface area (Å²) in [7, 11) is 0. The van der Waals surface area contributed by atoms with Crippen LogP contribution in [0.4, 0.5) is 0 Å². The Morgan fingerprint density at radius 1 is 1.19 bits per heavy atom. The number of carbonyl (C=O) groups excluding carboxylic acids is 1. The van der Waals surface area contributed by atoms with Crippen LogP contribution in [0.25, 0.3) is 16.5 Å². The lowest BCUT2D eigenvalue weighted by Gasteiger charge is -2.21. The van der Waals surface area contributed by atoms with Crippen LogP contribution in [0.1, 0.15) is 47.3 Å². The van der Waals surface area contributed by atoms with Crippen molar-refractivity contribution in [1.29, 1.82) is 0 Å². The number of para-hydroxylation sites is 1. The number of rotatable bonds is 7. The van der Waals surface area contributed by atoms with Crippen molar-refractivity contribution in [2.45, 2.75) is 32.2 Å². The Labute approximate surface area is 183 Å². The first-order valence-corrected chi connectivity index (χ1v) is 10.7. The lowest BCUT2D eigenvalue weighted by Crippen LogP contribution is -2.23. The highest BCUT2D eigenvalue weighted by Gasteiger charge is 2.30. The minimum atomic E-state index is -0.506. The van der Waals surface area contributed by atoms with Crippen LogP contribution in [0.3, 0.4) is 0 Å². The number of hydrogen-bond acceptors (Lipinski definition) is 3. The Morgan fingerprint density at radius 2 is 2.03 bits per heavy atom.